The molecule has 3 heteroatoms. The maximum absolute atomic E-state index is 11.2. The van der Waals surface area contributed by atoms with E-state index in [9.17, 15) is 4.79 Å². The Bertz CT molecular complexity index is 809. The van der Waals surface area contributed by atoms with Crippen molar-refractivity contribution in [2.24, 2.45) is 0 Å². The molecule has 0 spiro atoms. The van der Waals surface area contributed by atoms with Crippen LogP contribution in [0.4, 0.5) is 0 Å². The fraction of sp³-hybridized carbons (Fsp3) is 0.0455. The van der Waals surface area contributed by atoms with E-state index in [1.807, 2.05) is 49.4 Å². The smallest absolute Gasteiger partial charge is 0.335 e. The summed E-state index contributed by atoms with van der Waals surface area (Å²) in [7, 11) is 0. The highest BCUT2D eigenvalue weighted by Crippen LogP contribution is 2.23. The van der Waals surface area contributed by atoms with E-state index < -0.39 is 5.97 Å². The predicted octanol–water partition coefficient (Wildman–Crippen LogP) is 5.52. The molecule has 2 aromatic rings. The van der Waals surface area contributed by atoms with Gasteiger partial charge in [-0.3, -0.25) is 0 Å². The van der Waals surface area contributed by atoms with Gasteiger partial charge in [-0.25, -0.2) is 4.79 Å². The molecule has 126 valence electrons. The van der Waals surface area contributed by atoms with E-state index in [4.69, 9.17) is 9.47 Å². The maximum atomic E-state index is 11.2. The summed E-state index contributed by atoms with van der Waals surface area (Å²) in [6, 6.07) is 15.3. The minimum atomic E-state index is -0.472. The molecular weight excluding hydrogens is 312 g/mol. The first kappa shape index (κ1) is 18.0. The molecule has 0 amide bonds. The van der Waals surface area contributed by atoms with E-state index in [0.717, 1.165) is 28.3 Å². The van der Waals surface area contributed by atoms with Crippen molar-refractivity contribution in [3.8, 4) is 16.9 Å². The number of benzene rings is 2. The molecule has 0 N–H and O–H groups in total. The highest BCUT2D eigenvalue weighted by molar-refractivity contribution is 5.83. The lowest BCUT2D eigenvalue weighted by Gasteiger charge is -2.05. The fourth-order valence-electron chi connectivity index (χ4n) is 1.96. The molecule has 0 saturated heterocycles. The minimum absolute atomic E-state index is 0.472. The zero-order chi connectivity index (χ0) is 18.2. The summed E-state index contributed by atoms with van der Waals surface area (Å²) in [4.78, 5) is 11.2. The number of hydrogen-bond acceptors (Lipinski definition) is 3. The number of allylic oxidation sites excluding steroid dienone is 1. The van der Waals surface area contributed by atoms with Crippen molar-refractivity contribution < 1.29 is 14.3 Å². The molecular formula is C22H20O3. The first-order valence-corrected chi connectivity index (χ1v) is 7.72. The fourth-order valence-corrected chi connectivity index (χ4v) is 1.96. The summed E-state index contributed by atoms with van der Waals surface area (Å²) < 4.78 is 10.4. The number of esters is 1. The van der Waals surface area contributed by atoms with Crippen LogP contribution in [-0.4, -0.2) is 5.97 Å². The maximum Gasteiger partial charge on any atom is 0.335 e. The topological polar surface area (TPSA) is 35.5 Å². The van der Waals surface area contributed by atoms with Crippen LogP contribution in [-0.2, 0) is 9.53 Å². The summed E-state index contributed by atoms with van der Waals surface area (Å²) in [5.74, 6) is 0.564. The predicted molar refractivity (Wildman–Crippen MR) is 102 cm³/mol. The van der Waals surface area contributed by atoms with Crippen molar-refractivity contribution in [2.75, 3.05) is 0 Å². The van der Waals surface area contributed by atoms with Crippen LogP contribution in [0.1, 0.15) is 12.5 Å². The average molecular weight is 332 g/mol. The molecule has 0 fully saturated rings. The second-order valence-corrected chi connectivity index (χ2v) is 5.40. The van der Waals surface area contributed by atoms with Gasteiger partial charge in [-0.2, -0.15) is 0 Å². The van der Waals surface area contributed by atoms with Crippen LogP contribution >= 0.6 is 0 Å². The van der Waals surface area contributed by atoms with E-state index >= 15 is 0 Å². The molecule has 0 bridgehead atoms. The molecule has 0 aliphatic carbocycles. The van der Waals surface area contributed by atoms with Gasteiger partial charge in [0.1, 0.15) is 11.5 Å². The monoisotopic (exact) mass is 332 g/mol. The lowest BCUT2D eigenvalue weighted by molar-refractivity contribution is -0.128. The van der Waals surface area contributed by atoms with Gasteiger partial charge in [0.2, 0.25) is 0 Å². The SMILES string of the molecule is C=CC(=O)Oc1ccc(-c2ccc(/C=C/OC(=C)C(=C)C)cc2)cc1. The van der Waals surface area contributed by atoms with Crippen molar-refractivity contribution in [1.29, 1.82) is 0 Å². The average Bonchev–Trinajstić information content (AvgIpc) is 2.62. The van der Waals surface area contributed by atoms with Crippen LogP contribution in [0.5, 0.6) is 5.75 Å². The summed E-state index contributed by atoms with van der Waals surface area (Å²) in [5, 5.41) is 0. The van der Waals surface area contributed by atoms with Crippen molar-refractivity contribution >= 4 is 12.0 Å². The molecule has 0 aliphatic heterocycles. The van der Waals surface area contributed by atoms with E-state index in [1.165, 1.54) is 0 Å². The van der Waals surface area contributed by atoms with Crippen LogP contribution in [0.3, 0.4) is 0 Å². The molecule has 0 atom stereocenters. The van der Waals surface area contributed by atoms with E-state index in [0.29, 0.717) is 11.5 Å². The highest BCUT2D eigenvalue weighted by Gasteiger charge is 2.01. The van der Waals surface area contributed by atoms with Crippen molar-refractivity contribution in [2.45, 2.75) is 6.92 Å². The van der Waals surface area contributed by atoms with Gasteiger partial charge in [-0.15, -0.1) is 0 Å². The highest BCUT2D eigenvalue weighted by atomic mass is 16.5. The molecule has 3 nitrogen and oxygen atoms in total. The van der Waals surface area contributed by atoms with Crippen LogP contribution in [0.25, 0.3) is 17.2 Å². The minimum Gasteiger partial charge on any atom is -0.465 e. The summed E-state index contributed by atoms with van der Waals surface area (Å²) in [5.41, 5.74) is 3.89. The third-order valence-corrected chi connectivity index (χ3v) is 3.43. The number of hydrogen-bond donors (Lipinski definition) is 0. The van der Waals surface area contributed by atoms with Crippen LogP contribution < -0.4 is 4.74 Å². The van der Waals surface area contributed by atoms with Crippen LogP contribution in [0.15, 0.2) is 91.9 Å². The second kappa shape index (κ2) is 8.50. The third-order valence-electron chi connectivity index (χ3n) is 3.43. The number of rotatable bonds is 7. The molecule has 0 radical (unpaired) electrons. The lowest BCUT2D eigenvalue weighted by Crippen LogP contribution is -2.02. The van der Waals surface area contributed by atoms with E-state index in [1.54, 1.807) is 18.4 Å². The summed E-state index contributed by atoms with van der Waals surface area (Å²) in [6.45, 7) is 12.7. The Kier molecular flexibility index (Phi) is 6.13. The van der Waals surface area contributed by atoms with Gasteiger partial charge in [-0.05, 0) is 47.4 Å². The van der Waals surface area contributed by atoms with Crippen LogP contribution in [0, 0.1) is 0 Å². The number of ether oxygens (including phenoxy) is 2. The van der Waals surface area contributed by atoms with Gasteiger partial charge in [0.15, 0.2) is 0 Å². The number of carbonyl (C=O) groups excluding carboxylic acids is 1. The standard InChI is InChI=1S/C22H20O3/c1-5-22(23)25-21-12-10-20(11-13-21)19-8-6-18(7-9-19)14-15-24-17(4)16(2)3/h5-15H,1-2,4H2,3H3/b15-14+. The molecule has 0 unspecified atom stereocenters. The van der Waals surface area contributed by atoms with Gasteiger partial charge in [0.25, 0.3) is 0 Å². The zero-order valence-corrected chi connectivity index (χ0v) is 14.2. The quantitative estimate of drug-likeness (QED) is 0.220. The summed E-state index contributed by atoms with van der Waals surface area (Å²) >= 11 is 0. The van der Waals surface area contributed by atoms with Crippen molar-refractivity contribution in [3.05, 3.63) is 97.5 Å². The van der Waals surface area contributed by atoms with Gasteiger partial charge in [0, 0.05) is 6.08 Å². The van der Waals surface area contributed by atoms with Crippen molar-refractivity contribution in [1.82, 2.24) is 0 Å². The lowest BCUT2D eigenvalue weighted by atomic mass is 10.0. The van der Waals surface area contributed by atoms with E-state index in [-0.39, 0.29) is 0 Å². The Balaban J connectivity index is 2.03. The molecule has 0 saturated carbocycles. The Morgan fingerprint density at radius 2 is 1.52 bits per heavy atom. The molecule has 2 rings (SSSR count). The van der Waals surface area contributed by atoms with E-state index in [2.05, 4.69) is 19.7 Å². The third kappa shape index (κ3) is 5.36. The largest absolute Gasteiger partial charge is 0.465 e. The Labute approximate surface area is 148 Å². The van der Waals surface area contributed by atoms with Gasteiger partial charge >= 0.3 is 5.97 Å². The second-order valence-electron chi connectivity index (χ2n) is 5.40. The normalized spacial score (nSPS) is 10.3. The van der Waals surface area contributed by atoms with Gasteiger partial charge in [-0.1, -0.05) is 56.1 Å². The molecule has 25 heavy (non-hydrogen) atoms. The molecule has 0 aromatic heterocycles. The molecule has 0 heterocycles. The number of carbonyl (C=O) groups is 1. The molecule has 2 aromatic carbocycles. The van der Waals surface area contributed by atoms with Crippen molar-refractivity contribution in [3.63, 3.8) is 0 Å². The first-order valence-electron chi connectivity index (χ1n) is 7.72. The Hall–Kier alpha value is -3.33. The zero-order valence-electron chi connectivity index (χ0n) is 14.2. The van der Waals surface area contributed by atoms with Gasteiger partial charge < -0.3 is 9.47 Å². The van der Waals surface area contributed by atoms with Gasteiger partial charge in [0.05, 0.1) is 6.26 Å². The Morgan fingerprint density at radius 3 is 2.04 bits per heavy atom. The first-order chi connectivity index (χ1) is 12.0. The summed E-state index contributed by atoms with van der Waals surface area (Å²) in [6.07, 6.45) is 4.58. The van der Waals surface area contributed by atoms with Crippen LogP contribution in [0.2, 0.25) is 0 Å². The Morgan fingerprint density at radius 1 is 0.960 bits per heavy atom. The molecule has 0 aliphatic rings.